The molecule has 1 atom stereocenters. The number of hydrogen-bond acceptors (Lipinski definition) is 3. The van der Waals surface area contributed by atoms with Crippen molar-refractivity contribution in [3.8, 4) is 5.75 Å². The molecule has 2 rings (SSSR count). The lowest BCUT2D eigenvalue weighted by Crippen LogP contribution is -2.43. The Labute approximate surface area is 135 Å². The van der Waals surface area contributed by atoms with Gasteiger partial charge in [-0.15, -0.1) is 23.2 Å². The van der Waals surface area contributed by atoms with E-state index in [-0.39, 0.29) is 5.91 Å². The van der Waals surface area contributed by atoms with E-state index >= 15 is 0 Å². The Morgan fingerprint density at radius 2 is 2.00 bits per heavy atom. The molecule has 0 spiro atoms. The van der Waals surface area contributed by atoms with Crippen molar-refractivity contribution in [1.29, 1.82) is 0 Å². The maximum atomic E-state index is 12.3. The first kappa shape index (κ1) is 15.4. The molecule has 1 aromatic rings. The lowest BCUT2D eigenvalue weighted by atomic mass is 10.1. The number of para-hydroxylation sites is 1. The molecule has 1 aliphatic rings. The van der Waals surface area contributed by atoms with E-state index in [9.17, 15) is 4.79 Å². The predicted octanol–water partition coefficient (Wildman–Crippen LogP) is 4.45. The number of fused-ring (bicyclic) bond motifs is 1. The number of amides is 1. The number of carbonyl (C=O) groups excluding carboxylic acids is 1. The zero-order valence-electron chi connectivity index (χ0n) is 9.65. The summed E-state index contributed by atoms with van der Waals surface area (Å²) in [6.45, 7) is 1.71. The van der Waals surface area contributed by atoms with Gasteiger partial charge in [-0.05, 0) is 31.0 Å². The highest BCUT2D eigenvalue weighted by molar-refractivity contribution is 8.01. The summed E-state index contributed by atoms with van der Waals surface area (Å²) in [5.74, 6) is 0.277. The van der Waals surface area contributed by atoms with Crippen LogP contribution in [0.2, 0.25) is 0 Å². The Balaban J connectivity index is 2.27. The molecule has 0 saturated carbocycles. The maximum absolute atomic E-state index is 12.3. The minimum atomic E-state index is -1.54. The number of halogens is 4. The van der Waals surface area contributed by atoms with Crippen LogP contribution in [-0.2, 0) is 0 Å². The molecule has 0 N–H and O–H groups in total. The number of alkyl halides is 4. The van der Waals surface area contributed by atoms with Crippen molar-refractivity contribution < 1.29 is 9.53 Å². The van der Waals surface area contributed by atoms with Gasteiger partial charge < -0.3 is 4.74 Å². The molecule has 1 unspecified atom stereocenters. The van der Waals surface area contributed by atoms with Crippen LogP contribution in [0, 0.1) is 0 Å². The molecule has 0 aliphatic carbocycles. The van der Waals surface area contributed by atoms with Crippen LogP contribution in [0.5, 0.6) is 5.75 Å². The standard InChI is InChI=1S/C11H9Cl4NO2S/c1-6-16(19-11(14,15)10(12)13)9(17)7-4-2-3-5-8(7)18-6/h2-6,10H,1H3. The average molecular weight is 361 g/mol. The van der Waals surface area contributed by atoms with E-state index in [0.717, 1.165) is 11.9 Å². The molecule has 104 valence electrons. The van der Waals surface area contributed by atoms with E-state index in [0.29, 0.717) is 11.3 Å². The van der Waals surface area contributed by atoms with Crippen LogP contribution >= 0.6 is 58.4 Å². The lowest BCUT2D eigenvalue weighted by Gasteiger charge is -2.36. The Kier molecular flexibility index (Phi) is 4.68. The van der Waals surface area contributed by atoms with Crippen LogP contribution in [0.1, 0.15) is 17.3 Å². The molecule has 1 amide bonds. The third kappa shape index (κ3) is 3.19. The maximum Gasteiger partial charge on any atom is 0.270 e. The van der Waals surface area contributed by atoms with Gasteiger partial charge in [-0.2, -0.15) is 0 Å². The van der Waals surface area contributed by atoms with Gasteiger partial charge in [-0.25, -0.2) is 4.31 Å². The summed E-state index contributed by atoms with van der Waals surface area (Å²) in [7, 11) is 0. The number of hydrogen-bond donors (Lipinski definition) is 0. The summed E-state index contributed by atoms with van der Waals surface area (Å²) in [6, 6.07) is 6.94. The van der Waals surface area contributed by atoms with Gasteiger partial charge in [0.2, 0.25) is 3.67 Å². The van der Waals surface area contributed by atoms with Gasteiger partial charge in [-0.3, -0.25) is 4.79 Å². The van der Waals surface area contributed by atoms with Gasteiger partial charge in [0, 0.05) is 0 Å². The Hall–Kier alpha value is -0.000000000000000111. The molecule has 8 heteroatoms. The Morgan fingerprint density at radius 3 is 2.63 bits per heavy atom. The van der Waals surface area contributed by atoms with Crippen molar-refractivity contribution in [1.82, 2.24) is 4.31 Å². The zero-order valence-corrected chi connectivity index (χ0v) is 13.5. The van der Waals surface area contributed by atoms with E-state index in [4.69, 9.17) is 51.1 Å². The van der Waals surface area contributed by atoms with Crippen LogP contribution in [-0.4, -0.2) is 24.9 Å². The quantitative estimate of drug-likeness (QED) is 0.589. The van der Waals surface area contributed by atoms with Crippen molar-refractivity contribution >= 4 is 64.3 Å². The number of benzene rings is 1. The van der Waals surface area contributed by atoms with Crippen LogP contribution in [0.4, 0.5) is 0 Å². The van der Waals surface area contributed by atoms with Gasteiger partial charge in [0.25, 0.3) is 5.91 Å². The molecule has 0 bridgehead atoms. The average Bonchev–Trinajstić information content (AvgIpc) is 2.34. The second-order valence-corrected chi connectivity index (χ2v) is 7.95. The SMILES string of the molecule is CC1Oc2ccccc2C(=O)N1SC(Cl)(Cl)C(Cl)Cl. The zero-order chi connectivity index (χ0) is 14.2. The highest BCUT2D eigenvalue weighted by Gasteiger charge is 2.42. The highest BCUT2D eigenvalue weighted by Crippen LogP contribution is 2.46. The molecule has 1 aliphatic heterocycles. The van der Waals surface area contributed by atoms with Crippen molar-refractivity contribution in [3.05, 3.63) is 29.8 Å². The van der Waals surface area contributed by atoms with Gasteiger partial charge in [-0.1, -0.05) is 35.3 Å². The summed E-state index contributed by atoms with van der Waals surface area (Å²) in [4.78, 5) is 11.3. The van der Waals surface area contributed by atoms with Crippen molar-refractivity contribution in [2.75, 3.05) is 0 Å². The third-order valence-corrected chi connectivity index (χ3v) is 5.77. The van der Waals surface area contributed by atoms with Crippen molar-refractivity contribution in [3.63, 3.8) is 0 Å². The fourth-order valence-corrected chi connectivity index (χ4v) is 2.95. The molecular weight excluding hydrogens is 352 g/mol. The van der Waals surface area contributed by atoms with Gasteiger partial charge in [0.15, 0.2) is 11.1 Å². The van der Waals surface area contributed by atoms with E-state index < -0.39 is 14.7 Å². The third-order valence-electron chi connectivity index (χ3n) is 2.42. The summed E-state index contributed by atoms with van der Waals surface area (Å²) < 4.78 is 5.40. The Bertz CT molecular complexity index is 497. The number of rotatable bonds is 3. The molecule has 0 radical (unpaired) electrons. The largest absolute Gasteiger partial charge is 0.469 e. The fraction of sp³-hybridized carbons (Fsp3) is 0.364. The van der Waals surface area contributed by atoms with E-state index in [1.165, 1.54) is 4.31 Å². The molecule has 1 heterocycles. The minimum absolute atomic E-state index is 0.251. The number of ether oxygens (including phenoxy) is 1. The molecule has 0 fully saturated rings. The molecular formula is C11H9Cl4NO2S. The summed E-state index contributed by atoms with van der Waals surface area (Å²) in [5, 5.41) is 0. The van der Waals surface area contributed by atoms with E-state index in [2.05, 4.69) is 0 Å². The topological polar surface area (TPSA) is 29.5 Å². The monoisotopic (exact) mass is 359 g/mol. The van der Waals surface area contributed by atoms with Gasteiger partial charge >= 0.3 is 0 Å². The molecule has 3 nitrogen and oxygen atoms in total. The first-order chi connectivity index (χ1) is 8.83. The second kappa shape index (κ2) is 5.78. The predicted molar refractivity (Wildman–Crippen MR) is 80.2 cm³/mol. The fourth-order valence-electron chi connectivity index (χ4n) is 1.55. The highest BCUT2D eigenvalue weighted by atomic mass is 35.5. The smallest absolute Gasteiger partial charge is 0.270 e. The summed E-state index contributed by atoms with van der Waals surface area (Å²) in [5.41, 5.74) is 0.443. The van der Waals surface area contributed by atoms with E-state index in [1.807, 2.05) is 0 Å². The van der Waals surface area contributed by atoms with Crippen LogP contribution in [0.3, 0.4) is 0 Å². The Morgan fingerprint density at radius 1 is 1.37 bits per heavy atom. The molecule has 0 aromatic heterocycles. The van der Waals surface area contributed by atoms with Crippen LogP contribution in [0.15, 0.2) is 24.3 Å². The normalized spacial score (nSPS) is 19.4. The number of nitrogens with zero attached hydrogens (tertiary/aromatic N) is 1. The van der Waals surface area contributed by atoms with E-state index in [1.54, 1.807) is 31.2 Å². The molecule has 1 aromatic carbocycles. The van der Waals surface area contributed by atoms with Gasteiger partial charge in [0.05, 0.1) is 5.56 Å². The second-order valence-electron chi connectivity index (χ2n) is 3.80. The van der Waals surface area contributed by atoms with Gasteiger partial charge in [0.1, 0.15) is 5.75 Å². The first-order valence-corrected chi connectivity index (χ1v) is 7.67. The lowest BCUT2D eigenvalue weighted by molar-refractivity contribution is 0.0535. The summed E-state index contributed by atoms with van der Waals surface area (Å²) >= 11 is 24.2. The van der Waals surface area contributed by atoms with Crippen LogP contribution < -0.4 is 4.74 Å². The minimum Gasteiger partial charge on any atom is -0.469 e. The van der Waals surface area contributed by atoms with Crippen LogP contribution in [0.25, 0.3) is 0 Å². The van der Waals surface area contributed by atoms with Crippen molar-refractivity contribution in [2.45, 2.75) is 21.7 Å². The number of carbonyl (C=O) groups is 1. The van der Waals surface area contributed by atoms with Crippen molar-refractivity contribution in [2.24, 2.45) is 0 Å². The molecule has 19 heavy (non-hydrogen) atoms. The molecule has 0 saturated heterocycles. The first-order valence-electron chi connectivity index (χ1n) is 5.27. The summed E-state index contributed by atoms with van der Waals surface area (Å²) in [6.07, 6.45) is -0.531.